The summed E-state index contributed by atoms with van der Waals surface area (Å²) in [5.74, 6) is 0.111. The fourth-order valence-corrected chi connectivity index (χ4v) is 2.81. The van der Waals surface area contributed by atoms with Gasteiger partial charge < -0.3 is 15.7 Å². The van der Waals surface area contributed by atoms with Gasteiger partial charge in [-0.05, 0) is 55.5 Å². The first-order valence-corrected chi connectivity index (χ1v) is 7.21. The molecular formula is C16H24N2O2. The van der Waals surface area contributed by atoms with Crippen LogP contribution in [0.2, 0.25) is 0 Å². The lowest BCUT2D eigenvalue weighted by molar-refractivity contribution is 0.0928. The van der Waals surface area contributed by atoms with Crippen LogP contribution in [0.15, 0.2) is 18.2 Å². The summed E-state index contributed by atoms with van der Waals surface area (Å²) >= 11 is 0. The summed E-state index contributed by atoms with van der Waals surface area (Å²) in [5.41, 5.74) is 1.62. The molecule has 0 spiro atoms. The molecule has 0 radical (unpaired) electrons. The van der Waals surface area contributed by atoms with E-state index in [1.807, 2.05) is 6.92 Å². The number of aromatic hydroxyl groups is 1. The number of hydrogen-bond donors (Lipinski definition) is 3. The van der Waals surface area contributed by atoms with E-state index in [0.717, 1.165) is 12.1 Å². The van der Waals surface area contributed by atoms with E-state index in [-0.39, 0.29) is 17.1 Å². The largest absolute Gasteiger partial charge is 0.508 e. The number of aryl methyl sites for hydroxylation is 1. The Balaban J connectivity index is 1.98. The Bertz CT molecular complexity index is 497. The molecule has 1 atom stereocenters. The molecule has 20 heavy (non-hydrogen) atoms. The summed E-state index contributed by atoms with van der Waals surface area (Å²) < 4.78 is 0. The lowest BCUT2D eigenvalue weighted by atomic mass is 9.77. The van der Waals surface area contributed by atoms with Gasteiger partial charge in [-0.15, -0.1) is 0 Å². The average molecular weight is 276 g/mol. The van der Waals surface area contributed by atoms with Crippen molar-refractivity contribution in [2.45, 2.75) is 39.7 Å². The minimum atomic E-state index is -0.0781. The minimum absolute atomic E-state index is 0.0781. The van der Waals surface area contributed by atoms with Crippen molar-refractivity contribution in [3.63, 3.8) is 0 Å². The number of benzene rings is 1. The number of nitrogens with one attached hydrogen (secondary N) is 2. The number of piperidine rings is 1. The number of amides is 1. The highest BCUT2D eigenvalue weighted by Crippen LogP contribution is 2.29. The van der Waals surface area contributed by atoms with Gasteiger partial charge in [-0.3, -0.25) is 4.79 Å². The first-order chi connectivity index (χ1) is 9.40. The molecule has 1 fully saturated rings. The lowest BCUT2D eigenvalue weighted by Gasteiger charge is -2.39. The number of carbonyl (C=O) groups excluding carboxylic acids is 1. The zero-order valence-corrected chi connectivity index (χ0v) is 12.5. The van der Waals surface area contributed by atoms with Crippen LogP contribution < -0.4 is 10.6 Å². The molecule has 3 N–H and O–H groups in total. The highest BCUT2D eigenvalue weighted by Gasteiger charge is 2.32. The topological polar surface area (TPSA) is 61.4 Å². The zero-order valence-electron chi connectivity index (χ0n) is 12.5. The number of phenols is 1. The van der Waals surface area contributed by atoms with Gasteiger partial charge in [0.15, 0.2) is 0 Å². The third-order valence-corrected chi connectivity index (χ3v) is 4.25. The summed E-state index contributed by atoms with van der Waals surface area (Å²) in [6.45, 7) is 7.95. The fourth-order valence-electron chi connectivity index (χ4n) is 2.81. The third-order valence-electron chi connectivity index (χ3n) is 4.25. The van der Waals surface area contributed by atoms with E-state index in [4.69, 9.17) is 0 Å². The maximum absolute atomic E-state index is 12.2. The molecule has 1 unspecified atom stereocenters. The molecule has 110 valence electrons. The fraction of sp³-hybridized carbons (Fsp3) is 0.562. The molecule has 1 saturated heterocycles. The molecule has 0 aromatic heterocycles. The quantitative estimate of drug-likeness (QED) is 0.793. The molecule has 4 heteroatoms. The summed E-state index contributed by atoms with van der Waals surface area (Å²) in [6.07, 6.45) is 2.37. The SMILES string of the molecule is Cc1cc(O)ccc1C(=O)NCC1NCCCC1(C)C. The van der Waals surface area contributed by atoms with Crippen LogP contribution in [0.3, 0.4) is 0 Å². The summed E-state index contributed by atoms with van der Waals surface area (Å²) in [6, 6.07) is 5.12. The van der Waals surface area contributed by atoms with Crippen molar-refractivity contribution in [2.75, 3.05) is 13.1 Å². The Labute approximate surface area is 120 Å². The van der Waals surface area contributed by atoms with Crippen molar-refractivity contribution < 1.29 is 9.90 Å². The molecule has 4 nitrogen and oxygen atoms in total. The van der Waals surface area contributed by atoms with E-state index in [9.17, 15) is 9.90 Å². The van der Waals surface area contributed by atoms with Gasteiger partial charge in [-0.25, -0.2) is 0 Å². The molecule has 1 amide bonds. The van der Waals surface area contributed by atoms with Gasteiger partial charge in [-0.2, -0.15) is 0 Å². The second-order valence-electron chi connectivity index (χ2n) is 6.31. The number of carbonyl (C=O) groups is 1. The van der Waals surface area contributed by atoms with E-state index >= 15 is 0 Å². The Morgan fingerprint density at radius 1 is 1.50 bits per heavy atom. The Kier molecular flexibility index (Phi) is 4.33. The smallest absolute Gasteiger partial charge is 0.251 e. The maximum atomic E-state index is 12.2. The first kappa shape index (κ1) is 14.9. The van der Waals surface area contributed by atoms with Gasteiger partial charge in [0.25, 0.3) is 5.91 Å². The second kappa shape index (κ2) is 5.83. The van der Waals surface area contributed by atoms with Crippen molar-refractivity contribution in [3.05, 3.63) is 29.3 Å². The van der Waals surface area contributed by atoms with Crippen LogP contribution in [-0.2, 0) is 0 Å². The molecule has 0 bridgehead atoms. The van der Waals surface area contributed by atoms with Gasteiger partial charge >= 0.3 is 0 Å². The minimum Gasteiger partial charge on any atom is -0.508 e. The van der Waals surface area contributed by atoms with E-state index in [2.05, 4.69) is 24.5 Å². The van der Waals surface area contributed by atoms with Crippen LogP contribution in [0.5, 0.6) is 5.75 Å². The van der Waals surface area contributed by atoms with Crippen LogP contribution in [0, 0.1) is 12.3 Å². The standard InChI is InChI=1S/C16H24N2O2/c1-11-9-12(19)5-6-13(11)15(20)18-10-14-16(2,3)7-4-8-17-14/h5-6,9,14,17,19H,4,7-8,10H2,1-3H3,(H,18,20). The average Bonchev–Trinajstić information content (AvgIpc) is 2.36. The van der Waals surface area contributed by atoms with Crippen molar-refractivity contribution >= 4 is 5.91 Å². The summed E-state index contributed by atoms with van der Waals surface area (Å²) in [4.78, 5) is 12.2. The molecular weight excluding hydrogens is 252 g/mol. The Hall–Kier alpha value is -1.55. The highest BCUT2D eigenvalue weighted by molar-refractivity contribution is 5.95. The molecule has 0 aliphatic carbocycles. The predicted octanol–water partition coefficient (Wildman–Crippen LogP) is 2.21. The Morgan fingerprint density at radius 3 is 2.90 bits per heavy atom. The monoisotopic (exact) mass is 276 g/mol. The van der Waals surface area contributed by atoms with Crippen LogP contribution in [-0.4, -0.2) is 30.1 Å². The van der Waals surface area contributed by atoms with Crippen molar-refractivity contribution in [1.82, 2.24) is 10.6 Å². The van der Waals surface area contributed by atoms with Crippen LogP contribution in [0.25, 0.3) is 0 Å². The molecule has 1 aliphatic heterocycles. The van der Waals surface area contributed by atoms with Gasteiger partial charge in [0.2, 0.25) is 0 Å². The molecule has 1 aromatic carbocycles. The van der Waals surface area contributed by atoms with Gasteiger partial charge in [0.1, 0.15) is 5.75 Å². The maximum Gasteiger partial charge on any atom is 0.251 e. The van der Waals surface area contributed by atoms with Gasteiger partial charge in [-0.1, -0.05) is 13.8 Å². The van der Waals surface area contributed by atoms with Gasteiger partial charge in [0, 0.05) is 18.2 Å². The van der Waals surface area contributed by atoms with Crippen molar-refractivity contribution in [2.24, 2.45) is 5.41 Å². The molecule has 1 aliphatic rings. The number of rotatable bonds is 3. The summed E-state index contributed by atoms with van der Waals surface area (Å²) in [5, 5.41) is 15.9. The predicted molar refractivity (Wildman–Crippen MR) is 80.0 cm³/mol. The summed E-state index contributed by atoms with van der Waals surface area (Å²) in [7, 11) is 0. The Morgan fingerprint density at radius 2 is 2.25 bits per heavy atom. The highest BCUT2D eigenvalue weighted by atomic mass is 16.3. The second-order valence-corrected chi connectivity index (χ2v) is 6.31. The normalized spacial score (nSPS) is 21.4. The van der Waals surface area contributed by atoms with Crippen LogP contribution in [0.4, 0.5) is 0 Å². The lowest BCUT2D eigenvalue weighted by Crippen LogP contribution is -2.52. The van der Waals surface area contributed by atoms with Crippen LogP contribution >= 0.6 is 0 Å². The van der Waals surface area contributed by atoms with Gasteiger partial charge in [0.05, 0.1) is 0 Å². The zero-order chi connectivity index (χ0) is 14.8. The molecule has 2 rings (SSSR count). The number of hydrogen-bond acceptors (Lipinski definition) is 3. The van der Waals surface area contributed by atoms with E-state index < -0.39 is 0 Å². The third kappa shape index (κ3) is 3.31. The van der Waals surface area contributed by atoms with E-state index in [0.29, 0.717) is 18.2 Å². The van der Waals surface area contributed by atoms with Crippen molar-refractivity contribution in [3.8, 4) is 5.75 Å². The molecule has 1 aromatic rings. The van der Waals surface area contributed by atoms with Crippen molar-refractivity contribution in [1.29, 1.82) is 0 Å². The van der Waals surface area contributed by atoms with E-state index in [1.165, 1.54) is 12.8 Å². The molecule has 0 saturated carbocycles. The van der Waals surface area contributed by atoms with E-state index in [1.54, 1.807) is 18.2 Å². The first-order valence-electron chi connectivity index (χ1n) is 7.21. The number of phenolic OH excluding ortho intramolecular Hbond substituents is 1. The molecule has 1 heterocycles. The van der Waals surface area contributed by atoms with Crippen LogP contribution in [0.1, 0.15) is 42.6 Å².